The summed E-state index contributed by atoms with van der Waals surface area (Å²) >= 11 is 0. The van der Waals surface area contributed by atoms with Gasteiger partial charge in [-0.25, -0.2) is 4.79 Å². The summed E-state index contributed by atoms with van der Waals surface area (Å²) in [4.78, 5) is 22.1. The summed E-state index contributed by atoms with van der Waals surface area (Å²) in [5.74, 6) is -1.45. The molecule has 106 valence electrons. The molecule has 6 heteroatoms. The van der Waals surface area contributed by atoms with E-state index in [1.165, 1.54) is 6.08 Å². The van der Waals surface area contributed by atoms with Crippen molar-refractivity contribution in [2.75, 3.05) is 27.7 Å². The van der Waals surface area contributed by atoms with E-state index >= 15 is 0 Å². The number of nitrogens with zero attached hydrogens (tertiary/aromatic N) is 1. The molecule has 0 spiro atoms. The third-order valence-electron chi connectivity index (χ3n) is 1.84. The van der Waals surface area contributed by atoms with Crippen molar-refractivity contribution in [2.45, 2.75) is 26.4 Å². The molecule has 0 amide bonds. The number of carboxylic acid groups (broad SMARTS) is 1. The summed E-state index contributed by atoms with van der Waals surface area (Å²) in [5.41, 5.74) is 0.828. The molecule has 0 rings (SSSR count). The third kappa shape index (κ3) is 11.4. The zero-order valence-corrected chi connectivity index (χ0v) is 12.4. The largest absolute Gasteiger partial charge is 0.481 e. The second-order valence-electron chi connectivity index (χ2n) is 5.35. The van der Waals surface area contributed by atoms with Gasteiger partial charge in [-0.3, -0.25) is 4.79 Å². The molecule has 0 aliphatic rings. The van der Waals surface area contributed by atoms with Crippen molar-refractivity contribution >= 4 is 24.3 Å². The van der Waals surface area contributed by atoms with E-state index in [4.69, 9.17) is 9.84 Å². The maximum Gasteiger partial charge on any atom is 0.331 e. The number of aliphatic carboxylic acids is 1. The number of halogens is 1. The molecule has 0 radical (unpaired) electrons. The Morgan fingerprint density at radius 3 is 2.11 bits per heavy atom. The van der Waals surface area contributed by atoms with Crippen LogP contribution in [0.2, 0.25) is 0 Å². The van der Waals surface area contributed by atoms with Crippen molar-refractivity contribution < 1.29 is 23.9 Å². The Morgan fingerprint density at radius 1 is 1.28 bits per heavy atom. The highest BCUT2D eigenvalue weighted by molar-refractivity contribution is 5.85. The van der Waals surface area contributed by atoms with Gasteiger partial charge in [-0.1, -0.05) is 5.57 Å². The summed E-state index contributed by atoms with van der Waals surface area (Å²) in [6, 6.07) is 0. The van der Waals surface area contributed by atoms with Gasteiger partial charge in [0.25, 0.3) is 0 Å². The molecule has 0 saturated carbocycles. The van der Waals surface area contributed by atoms with Crippen LogP contribution >= 0.6 is 12.4 Å². The summed E-state index contributed by atoms with van der Waals surface area (Å²) in [7, 11) is 5.76. The molecule has 5 nitrogen and oxygen atoms in total. The molecule has 0 aromatic heterocycles. The number of hydrogen-bond acceptors (Lipinski definition) is 3. The molecule has 0 bridgehead atoms. The Hall–Kier alpha value is -1.07. The van der Waals surface area contributed by atoms with Crippen molar-refractivity contribution in [3.8, 4) is 0 Å². The predicted molar refractivity (Wildman–Crippen MR) is 71.7 cm³/mol. The molecule has 0 aromatic carbocycles. The lowest BCUT2D eigenvalue weighted by Crippen LogP contribution is -2.43. The van der Waals surface area contributed by atoms with Gasteiger partial charge in [0.15, 0.2) is 6.10 Å². The highest BCUT2D eigenvalue weighted by Gasteiger charge is 2.24. The number of allylic oxidation sites excluding steroid dienone is 1. The Morgan fingerprint density at radius 2 is 1.78 bits per heavy atom. The molecular formula is C12H23ClNO4+. The predicted octanol–water partition coefficient (Wildman–Crippen LogP) is 1.47. The lowest BCUT2D eigenvalue weighted by atomic mass is 10.2. The van der Waals surface area contributed by atoms with Crippen LogP contribution in [0.4, 0.5) is 0 Å². The Bertz CT molecular complexity index is 317. The van der Waals surface area contributed by atoms with Crippen LogP contribution in [0.5, 0.6) is 0 Å². The summed E-state index contributed by atoms with van der Waals surface area (Å²) in [6.45, 7) is 4.04. The molecule has 18 heavy (non-hydrogen) atoms. The quantitative estimate of drug-likeness (QED) is 0.455. The molecule has 0 saturated heterocycles. The number of carbonyl (C=O) groups is 2. The minimum absolute atomic E-state index is 0. The molecule has 0 aliphatic heterocycles. The number of rotatable bonds is 6. The third-order valence-corrected chi connectivity index (χ3v) is 1.84. The van der Waals surface area contributed by atoms with Gasteiger partial charge in [0, 0.05) is 6.08 Å². The molecular weight excluding hydrogens is 258 g/mol. The van der Waals surface area contributed by atoms with E-state index in [1.54, 1.807) is 13.8 Å². The van der Waals surface area contributed by atoms with E-state index in [1.807, 2.05) is 21.1 Å². The van der Waals surface area contributed by atoms with E-state index in [0.717, 1.165) is 5.57 Å². The summed E-state index contributed by atoms with van der Waals surface area (Å²) in [5, 5.41) is 8.76. The summed E-state index contributed by atoms with van der Waals surface area (Å²) < 4.78 is 5.68. The van der Waals surface area contributed by atoms with E-state index in [0.29, 0.717) is 11.0 Å². The topological polar surface area (TPSA) is 63.6 Å². The lowest BCUT2D eigenvalue weighted by molar-refractivity contribution is -0.873. The second kappa shape index (κ2) is 8.11. The first-order chi connectivity index (χ1) is 7.60. The Kier molecular flexibility index (Phi) is 8.68. The van der Waals surface area contributed by atoms with Gasteiger partial charge in [0.2, 0.25) is 0 Å². The van der Waals surface area contributed by atoms with E-state index in [9.17, 15) is 9.59 Å². The highest BCUT2D eigenvalue weighted by Crippen LogP contribution is 2.06. The average molecular weight is 281 g/mol. The second-order valence-corrected chi connectivity index (χ2v) is 5.35. The highest BCUT2D eigenvalue weighted by atomic mass is 35.5. The number of likely N-dealkylation sites (N-methyl/N-ethyl adjacent to an activating group) is 1. The van der Waals surface area contributed by atoms with Crippen LogP contribution in [0.3, 0.4) is 0 Å². The number of quaternary nitrogens is 1. The van der Waals surface area contributed by atoms with Crippen LogP contribution in [0.15, 0.2) is 11.6 Å². The number of carboxylic acids is 1. The molecule has 0 aromatic rings. The minimum Gasteiger partial charge on any atom is -0.481 e. The number of esters is 1. The monoisotopic (exact) mass is 280 g/mol. The zero-order chi connectivity index (χ0) is 13.6. The van der Waals surface area contributed by atoms with Gasteiger partial charge in [0.1, 0.15) is 6.54 Å². The molecule has 1 atom stereocenters. The maximum absolute atomic E-state index is 11.4. The zero-order valence-electron chi connectivity index (χ0n) is 11.6. The van der Waals surface area contributed by atoms with Crippen LogP contribution in [0, 0.1) is 0 Å². The van der Waals surface area contributed by atoms with E-state index in [2.05, 4.69) is 0 Å². The molecule has 1 N–H and O–H groups in total. The first kappa shape index (κ1) is 19.3. The van der Waals surface area contributed by atoms with Crippen LogP contribution in [0.25, 0.3) is 0 Å². The fraction of sp³-hybridized carbons (Fsp3) is 0.667. The van der Waals surface area contributed by atoms with Crippen LogP contribution in [-0.4, -0.2) is 55.3 Å². The number of ether oxygens (including phenoxy) is 1. The molecule has 0 aliphatic carbocycles. The number of hydrogen-bond donors (Lipinski definition) is 1. The van der Waals surface area contributed by atoms with Gasteiger partial charge in [-0.05, 0) is 13.8 Å². The van der Waals surface area contributed by atoms with E-state index < -0.39 is 18.0 Å². The van der Waals surface area contributed by atoms with Gasteiger partial charge >= 0.3 is 11.9 Å². The van der Waals surface area contributed by atoms with E-state index in [-0.39, 0.29) is 18.8 Å². The normalized spacial score (nSPS) is 12.1. The Balaban J connectivity index is 0. The summed E-state index contributed by atoms with van der Waals surface area (Å²) in [6.07, 6.45) is 0.596. The molecule has 0 heterocycles. The SMILES string of the molecule is CC(C)=CC(=O)O[C@H](CC(=O)O)C[N+](C)(C)C.Cl. The van der Waals surface area contributed by atoms with Crippen LogP contribution in [-0.2, 0) is 14.3 Å². The minimum atomic E-state index is -0.964. The number of carbonyl (C=O) groups excluding carboxylic acids is 1. The van der Waals surface area contributed by atoms with Crippen molar-refractivity contribution in [3.05, 3.63) is 11.6 Å². The van der Waals surface area contributed by atoms with Gasteiger partial charge in [-0.2, -0.15) is 0 Å². The van der Waals surface area contributed by atoms with Crippen molar-refractivity contribution in [1.82, 2.24) is 0 Å². The molecule has 0 unspecified atom stereocenters. The smallest absolute Gasteiger partial charge is 0.331 e. The van der Waals surface area contributed by atoms with Crippen molar-refractivity contribution in [1.29, 1.82) is 0 Å². The first-order valence-electron chi connectivity index (χ1n) is 5.48. The first-order valence-corrected chi connectivity index (χ1v) is 5.48. The van der Waals surface area contributed by atoms with Crippen LogP contribution < -0.4 is 0 Å². The lowest BCUT2D eigenvalue weighted by Gasteiger charge is -2.28. The van der Waals surface area contributed by atoms with Crippen molar-refractivity contribution in [2.24, 2.45) is 0 Å². The van der Waals surface area contributed by atoms with Crippen LogP contribution in [0.1, 0.15) is 20.3 Å². The molecule has 0 fully saturated rings. The Labute approximate surface area is 114 Å². The van der Waals surface area contributed by atoms with Gasteiger partial charge < -0.3 is 14.3 Å². The van der Waals surface area contributed by atoms with Crippen molar-refractivity contribution in [3.63, 3.8) is 0 Å². The van der Waals surface area contributed by atoms with Gasteiger partial charge in [0.05, 0.1) is 27.6 Å². The fourth-order valence-electron chi connectivity index (χ4n) is 1.38. The average Bonchev–Trinajstić information content (AvgIpc) is 1.95. The van der Waals surface area contributed by atoms with Gasteiger partial charge in [-0.15, -0.1) is 12.4 Å². The fourth-order valence-corrected chi connectivity index (χ4v) is 1.38. The standard InChI is InChI=1S/C12H21NO4.ClH/c1-9(2)6-12(16)17-10(7-11(14)15)8-13(3,4)5;/h6,10H,7-8H2,1-5H3;1H/p+1/t10-;/m1./s1. The maximum atomic E-state index is 11.4.